The van der Waals surface area contributed by atoms with Crippen LogP contribution in [0, 0.1) is 12.7 Å². The molecule has 3 saturated heterocycles. The molecule has 1 unspecified atom stereocenters. The minimum atomic E-state index is -3.46. The highest BCUT2D eigenvalue weighted by molar-refractivity contribution is 7.92. The monoisotopic (exact) mass is 864 g/mol. The van der Waals surface area contributed by atoms with Crippen LogP contribution >= 0.6 is 0 Å². The topological polar surface area (TPSA) is 168 Å². The molecule has 0 spiro atoms. The molecule has 9 rings (SSSR count). The van der Waals surface area contributed by atoms with Crippen LogP contribution in [0.25, 0.3) is 11.0 Å². The van der Waals surface area contributed by atoms with Crippen molar-refractivity contribution in [2.45, 2.75) is 57.4 Å². The van der Waals surface area contributed by atoms with Crippen molar-refractivity contribution in [3.8, 4) is 5.75 Å². The first-order chi connectivity index (χ1) is 29.9. The molecule has 4 aliphatic rings. The number of amides is 2. The summed E-state index contributed by atoms with van der Waals surface area (Å²) in [6.07, 6.45) is 7.10. The number of nitrogens with one attached hydrogen (secondary N) is 4. The summed E-state index contributed by atoms with van der Waals surface area (Å²) in [7, 11) is -1.80. The SMILES string of the molecule is COc1cc(N2CCC(N3CCN(CCc4ccc(C5CCC(=O)NC5=O)c(F)c4)CC3)CC2)c(C)cc1Nc1nc(Nc2cccc3c2N(S(C)(=O)=O)CC3)c2cc[nH]c2n1. The summed E-state index contributed by atoms with van der Waals surface area (Å²) in [5, 5.41) is 9.91. The predicted octanol–water partition coefficient (Wildman–Crippen LogP) is 5.57. The van der Waals surface area contributed by atoms with Gasteiger partial charge in [-0.25, -0.2) is 12.8 Å². The highest BCUT2D eigenvalue weighted by Crippen LogP contribution is 2.40. The largest absolute Gasteiger partial charge is 0.494 e. The molecule has 15 nitrogen and oxygen atoms in total. The van der Waals surface area contributed by atoms with Gasteiger partial charge in [-0.2, -0.15) is 9.97 Å². The van der Waals surface area contributed by atoms with E-state index in [1.54, 1.807) is 25.4 Å². The number of piperidine rings is 2. The van der Waals surface area contributed by atoms with Crippen molar-refractivity contribution in [3.05, 3.63) is 88.9 Å². The maximum absolute atomic E-state index is 15.1. The zero-order valence-electron chi connectivity index (χ0n) is 35.3. The molecule has 3 fully saturated rings. The maximum atomic E-state index is 15.1. The molecule has 3 aromatic carbocycles. The van der Waals surface area contributed by atoms with Crippen LogP contribution in [0.4, 0.5) is 38.9 Å². The molecule has 17 heteroatoms. The number of rotatable bonds is 12. The van der Waals surface area contributed by atoms with E-state index < -0.39 is 21.8 Å². The van der Waals surface area contributed by atoms with E-state index in [1.165, 1.54) is 10.6 Å². The van der Waals surface area contributed by atoms with Crippen molar-refractivity contribution in [2.24, 2.45) is 0 Å². The van der Waals surface area contributed by atoms with Gasteiger partial charge in [-0.3, -0.25) is 24.1 Å². The van der Waals surface area contributed by atoms with Crippen LogP contribution in [0.5, 0.6) is 5.75 Å². The lowest BCUT2D eigenvalue weighted by Crippen LogP contribution is -2.53. The summed E-state index contributed by atoms with van der Waals surface area (Å²) >= 11 is 0. The maximum Gasteiger partial charge on any atom is 0.234 e. The Bertz CT molecular complexity index is 2620. The molecule has 2 amide bonds. The highest BCUT2D eigenvalue weighted by Gasteiger charge is 2.32. The number of aromatic amines is 1. The third kappa shape index (κ3) is 8.52. The third-order valence-electron chi connectivity index (χ3n) is 12.9. The van der Waals surface area contributed by atoms with Crippen LogP contribution < -0.4 is 29.9 Å². The van der Waals surface area contributed by atoms with Gasteiger partial charge in [0.25, 0.3) is 0 Å². The number of nitrogens with zero attached hydrogens (tertiary/aromatic N) is 6. The number of methoxy groups -OCH3 is 1. The number of piperazine rings is 1. The summed E-state index contributed by atoms with van der Waals surface area (Å²) in [6, 6.07) is 17.5. The van der Waals surface area contributed by atoms with Crippen LogP contribution in [0.1, 0.15) is 53.9 Å². The number of halogens is 1. The van der Waals surface area contributed by atoms with E-state index >= 15 is 4.39 Å². The normalized spacial score (nSPS) is 19.2. The lowest BCUT2D eigenvalue weighted by molar-refractivity contribution is -0.134. The Balaban J connectivity index is 0.801. The first kappa shape index (κ1) is 41.6. The lowest BCUT2D eigenvalue weighted by Gasteiger charge is -2.43. The molecule has 1 atom stereocenters. The van der Waals surface area contributed by atoms with Gasteiger partial charge < -0.3 is 30.2 Å². The molecule has 0 saturated carbocycles. The number of benzene rings is 3. The molecular weight excluding hydrogens is 812 g/mol. The average molecular weight is 865 g/mol. The summed E-state index contributed by atoms with van der Waals surface area (Å²) in [5.74, 6) is -0.148. The number of hydrogen-bond donors (Lipinski definition) is 4. The smallest absolute Gasteiger partial charge is 0.234 e. The Morgan fingerprint density at radius 1 is 0.903 bits per heavy atom. The average Bonchev–Trinajstić information content (AvgIpc) is 3.93. The number of anilines is 6. The van der Waals surface area contributed by atoms with Gasteiger partial charge in [0, 0.05) is 88.3 Å². The van der Waals surface area contributed by atoms with Crippen molar-refractivity contribution in [1.82, 2.24) is 30.1 Å². The molecule has 4 aliphatic heterocycles. The van der Waals surface area contributed by atoms with Gasteiger partial charge >= 0.3 is 0 Å². The number of carbonyl (C=O) groups excluding carboxylic acids is 2. The lowest BCUT2D eigenvalue weighted by atomic mass is 9.89. The summed E-state index contributed by atoms with van der Waals surface area (Å²) in [6.45, 7) is 9.16. The van der Waals surface area contributed by atoms with Gasteiger partial charge in [-0.1, -0.05) is 24.3 Å². The van der Waals surface area contributed by atoms with E-state index in [0.29, 0.717) is 65.5 Å². The van der Waals surface area contributed by atoms with E-state index in [2.05, 4.69) is 54.7 Å². The summed E-state index contributed by atoms with van der Waals surface area (Å²) in [5.41, 5.74) is 7.13. The molecule has 5 aromatic rings. The fourth-order valence-corrected chi connectivity index (χ4v) is 10.6. The Labute approximate surface area is 361 Å². The van der Waals surface area contributed by atoms with Crippen molar-refractivity contribution in [2.75, 3.05) is 85.6 Å². The first-order valence-electron chi connectivity index (χ1n) is 21.4. The second kappa shape index (κ2) is 17.2. The zero-order valence-corrected chi connectivity index (χ0v) is 36.2. The number of aromatic nitrogens is 3. The Kier molecular flexibility index (Phi) is 11.5. The van der Waals surface area contributed by atoms with Crippen molar-refractivity contribution >= 4 is 67.4 Å². The molecule has 62 heavy (non-hydrogen) atoms. The first-order valence-corrected chi connectivity index (χ1v) is 23.3. The number of imide groups is 1. The number of hydrogen-bond acceptors (Lipinski definition) is 12. The fourth-order valence-electron chi connectivity index (χ4n) is 9.59. The molecule has 0 radical (unpaired) electrons. The van der Waals surface area contributed by atoms with E-state index in [0.717, 1.165) is 98.5 Å². The van der Waals surface area contributed by atoms with Crippen LogP contribution in [-0.4, -0.2) is 117 Å². The molecule has 2 aromatic heterocycles. The van der Waals surface area contributed by atoms with E-state index in [9.17, 15) is 18.0 Å². The Morgan fingerprint density at radius 2 is 1.71 bits per heavy atom. The van der Waals surface area contributed by atoms with Crippen molar-refractivity contribution < 1.29 is 27.1 Å². The van der Waals surface area contributed by atoms with Gasteiger partial charge in [-0.05, 0) is 80.0 Å². The number of fused-ring (bicyclic) bond motifs is 2. The molecule has 0 aliphatic carbocycles. The fraction of sp³-hybridized carbons (Fsp3) is 0.422. The minimum absolute atomic E-state index is 0.228. The van der Waals surface area contributed by atoms with Gasteiger partial charge in [0.15, 0.2) is 0 Å². The number of H-pyrrole nitrogens is 1. The zero-order chi connectivity index (χ0) is 43.1. The van der Waals surface area contributed by atoms with E-state index in [1.807, 2.05) is 30.3 Å². The van der Waals surface area contributed by atoms with Crippen LogP contribution in [0.3, 0.4) is 0 Å². The minimum Gasteiger partial charge on any atom is -0.494 e. The van der Waals surface area contributed by atoms with Crippen molar-refractivity contribution in [3.63, 3.8) is 0 Å². The second-order valence-corrected chi connectivity index (χ2v) is 18.7. The van der Waals surface area contributed by atoms with Gasteiger partial charge in [-0.15, -0.1) is 0 Å². The second-order valence-electron chi connectivity index (χ2n) is 16.8. The molecular formula is C45H53FN10O5S. The molecule has 4 N–H and O–H groups in total. The number of sulfonamides is 1. The van der Waals surface area contributed by atoms with Crippen LogP contribution in [0.15, 0.2) is 60.8 Å². The molecule has 6 heterocycles. The molecule has 326 valence electrons. The van der Waals surface area contributed by atoms with Crippen LogP contribution in [-0.2, 0) is 32.5 Å². The van der Waals surface area contributed by atoms with Gasteiger partial charge in [0.05, 0.1) is 41.7 Å². The van der Waals surface area contributed by atoms with E-state index in [4.69, 9.17) is 14.7 Å². The summed E-state index contributed by atoms with van der Waals surface area (Å²) in [4.78, 5) is 44.1. The quantitative estimate of drug-likeness (QED) is 0.115. The summed E-state index contributed by atoms with van der Waals surface area (Å²) < 4.78 is 47.8. The van der Waals surface area contributed by atoms with Crippen LogP contribution in [0.2, 0.25) is 0 Å². The number of carbonyl (C=O) groups is 2. The van der Waals surface area contributed by atoms with Gasteiger partial charge in [0.1, 0.15) is 23.0 Å². The number of para-hydroxylation sites is 1. The standard InChI is InChI=1S/C45H53FN10O5S/c1-28-25-37(49-45-51-42-34(11-16-47-42)43(52-45)48-36-6-4-5-30-13-20-56(41(30)36)62(3,59)60)39(61-2)27-38(28)55-18-14-31(15-19-55)54-23-21-53(22-24-54)17-12-29-7-8-32(35(46)26-29)33-9-10-40(57)50-44(33)58/h4-8,11,16,25-27,31,33H,9-10,12-15,17-24H2,1-3H3,(H,50,57,58)(H3,47,48,49,51,52). The Morgan fingerprint density at radius 3 is 2.45 bits per heavy atom. The predicted molar refractivity (Wildman–Crippen MR) is 239 cm³/mol. The molecule has 0 bridgehead atoms. The number of ether oxygens (including phenoxy) is 1. The third-order valence-corrected chi connectivity index (χ3v) is 14.1. The van der Waals surface area contributed by atoms with E-state index in [-0.39, 0.29) is 18.1 Å². The van der Waals surface area contributed by atoms with Gasteiger partial charge in [0.2, 0.25) is 27.8 Å². The highest BCUT2D eigenvalue weighted by atomic mass is 32.2. The number of aryl methyl sites for hydroxylation is 1. The van der Waals surface area contributed by atoms with Crippen molar-refractivity contribution in [1.29, 1.82) is 0 Å². The Hall–Kier alpha value is -5.78.